The molecule has 10 nitrogen and oxygen atoms in total. The predicted molar refractivity (Wildman–Crippen MR) is 105 cm³/mol. The molecule has 0 aliphatic rings. The number of hydrogen-bond donors (Lipinski definition) is 3. The maximum absolute atomic E-state index is 12.3. The van der Waals surface area contributed by atoms with Crippen molar-refractivity contribution in [3.05, 3.63) is 54.0 Å². The third-order valence-electron chi connectivity index (χ3n) is 3.57. The van der Waals surface area contributed by atoms with Crippen LogP contribution in [0.15, 0.2) is 52.0 Å². The van der Waals surface area contributed by atoms with E-state index < -0.39 is 15.9 Å². The van der Waals surface area contributed by atoms with Gasteiger partial charge in [0.05, 0.1) is 4.90 Å². The second-order valence-electron chi connectivity index (χ2n) is 5.70. The number of nitrogens with one attached hydrogen (secondary N) is 3. The van der Waals surface area contributed by atoms with Gasteiger partial charge in [0.1, 0.15) is 11.5 Å². The van der Waals surface area contributed by atoms with Gasteiger partial charge in [-0.3, -0.25) is 19.5 Å². The third-order valence-corrected chi connectivity index (χ3v) is 5.14. The Labute approximate surface area is 166 Å². The molecule has 146 valence electrons. The molecule has 0 unspecified atom stereocenters. The van der Waals surface area contributed by atoms with Gasteiger partial charge >= 0.3 is 0 Å². The van der Waals surface area contributed by atoms with Gasteiger partial charge in [-0.25, -0.2) is 8.42 Å². The number of anilines is 2. The largest absolute Gasteiger partial charge is 0.360 e. The molecule has 12 heteroatoms. The first-order valence-electron chi connectivity index (χ1n) is 7.91. The normalized spacial score (nSPS) is 11.1. The summed E-state index contributed by atoms with van der Waals surface area (Å²) < 4.78 is 33.3. The molecule has 0 aliphatic carbocycles. The molecule has 1 amide bonds. The van der Waals surface area contributed by atoms with Gasteiger partial charge in [-0.1, -0.05) is 5.16 Å². The lowest BCUT2D eigenvalue weighted by Gasteiger charge is -2.10. The summed E-state index contributed by atoms with van der Waals surface area (Å²) in [6.45, 7) is 1.65. The van der Waals surface area contributed by atoms with E-state index >= 15 is 0 Å². The summed E-state index contributed by atoms with van der Waals surface area (Å²) in [5, 5.41) is 12.9. The standard InChI is InChI=1S/C16H16N6O4S2/c1-10-9-14(20-26-10)21-28(24,25)12-5-3-11(4-6-12)18-16(27)19-15(23)13-7-8-17-22(13)2/h3-9H,1-2H3,(H,20,21)(H2,18,19,23,27). The molecule has 3 N–H and O–H groups in total. The molecule has 0 spiro atoms. The molecule has 0 fully saturated rings. The van der Waals surface area contributed by atoms with Crippen molar-refractivity contribution in [2.75, 3.05) is 10.0 Å². The van der Waals surface area contributed by atoms with E-state index in [1.807, 2.05) is 0 Å². The van der Waals surface area contributed by atoms with Crippen molar-refractivity contribution in [2.24, 2.45) is 7.05 Å². The van der Waals surface area contributed by atoms with E-state index in [0.717, 1.165) is 0 Å². The Kier molecular flexibility index (Phi) is 5.42. The van der Waals surface area contributed by atoms with Crippen LogP contribution < -0.4 is 15.4 Å². The summed E-state index contributed by atoms with van der Waals surface area (Å²) in [4.78, 5) is 12.1. The molecular weight excluding hydrogens is 404 g/mol. The van der Waals surface area contributed by atoms with E-state index in [1.54, 1.807) is 20.0 Å². The van der Waals surface area contributed by atoms with Crippen molar-refractivity contribution in [1.29, 1.82) is 0 Å². The zero-order chi connectivity index (χ0) is 20.3. The molecule has 0 saturated heterocycles. The fourth-order valence-electron chi connectivity index (χ4n) is 2.25. The minimum Gasteiger partial charge on any atom is -0.360 e. The summed E-state index contributed by atoms with van der Waals surface area (Å²) in [7, 11) is -2.17. The fraction of sp³-hybridized carbons (Fsp3) is 0.125. The summed E-state index contributed by atoms with van der Waals surface area (Å²) in [6, 6.07) is 8.85. The van der Waals surface area contributed by atoms with Gasteiger partial charge in [0, 0.05) is 25.0 Å². The van der Waals surface area contributed by atoms with Crippen LogP contribution in [0.4, 0.5) is 11.5 Å². The van der Waals surface area contributed by atoms with Crippen LogP contribution in [0.1, 0.15) is 16.2 Å². The average Bonchev–Trinajstić information content (AvgIpc) is 3.23. The molecule has 1 aromatic carbocycles. The number of nitrogens with zero attached hydrogens (tertiary/aromatic N) is 3. The van der Waals surface area contributed by atoms with Crippen LogP contribution in [-0.4, -0.2) is 34.4 Å². The minimum atomic E-state index is -3.81. The molecule has 3 rings (SSSR count). The van der Waals surface area contributed by atoms with Crippen LogP contribution in [-0.2, 0) is 17.1 Å². The molecule has 0 radical (unpaired) electrons. The maximum atomic E-state index is 12.3. The Morgan fingerprint density at radius 2 is 1.93 bits per heavy atom. The lowest BCUT2D eigenvalue weighted by atomic mass is 10.3. The first-order valence-corrected chi connectivity index (χ1v) is 9.80. The highest BCUT2D eigenvalue weighted by Gasteiger charge is 2.16. The first-order chi connectivity index (χ1) is 13.2. The van der Waals surface area contributed by atoms with Crippen molar-refractivity contribution in [1.82, 2.24) is 20.3 Å². The highest BCUT2D eigenvalue weighted by atomic mass is 32.2. The molecule has 2 heterocycles. The molecule has 0 bridgehead atoms. The second kappa shape index (κ2) is 7.78. The van der Waals surface area contributed by atoms with Crippen LogP contribution >= 0.6 is 12.2 Å². The van der Waals surface area contributed by atoms with Gasteiger partial charge in [-0.05, 0) is 49.5 Å². The van der Waals surface area contributed by atoms with Crippen LogP contribution in [0.5, 0.6) is 0 Å². The van der Waals surface area contributed by atoms with Crippen molar-refractivity contribution >= 4 is 44.8 Å². The van der Waals surface area contributed by atoms with E-state index in [-0.39, 0.29) is 15.8 Å². The zero-order valence-corrected chi connectivity index (χ0v) is 16.5. The van der Waals surface area contributed by atoms with Crippen LogP contribution in [0.2, 0.25) is 0 Å². The first kappa shape index (κ1) is 19.5. The maximum Gasteiger partial charge on any atom is 0.275 e. The number of aromatic nitrogens is 3. The van der Waals surface area contributed by atoms with Gasteiger partial charge in [0.15, 0.2) is 10.9 Å². The van der Waals surface area contributed by atoms with Gasteiger partial charge in [0.25, 0.3) is 15.9 Å². The third kappa shape index (κ3) is 4.53. The summed E-state index contributed by atoms with van der Waals surface area (Å²) in [5.41, 5.74) is 0.853. The number of carbonyl (C=O) groups excluding carboxylic acids is 1. The van der Waals surface area contributed by atoms with Gasteiger partial charge in [0.2, 0.25) is 0 Å². The Morgan fingerprint density at radius 1 is 1.21 bits per heavy atom. The number of aryl methyl sites for hydroxylation is 2. The Bertz CT molecular complexity index is 1120. The average molecular weight is 420 g/mol. The number of hydrogen-bond acceptors (Lipinski definition) is 7. The Hall–Kier alpha value is -3.25. The lowest BCUT2D eigenvalue weighted by Crippen LogP contribution is -2.35. The molecule has 0 aliphatic heterocycles. The Morgan fingerprint density at radius 3 is 2.50 bits per heavy atom. The van der Waals surface area contributed by atoms with Gasteiger partial charge in [-0.2, -0.15) is 5.10 Å². The Balaban J connectivity index is 1.63. The highest BCUT2D eigenvalue weighted by molar-refractivity contribution is 7.92. The summed E-state index contributed by atoms with van der Waals surface area (Å²) in [6.07, 6.45) is 1.50. The van der Waals surface area contributed by atoms with Gasteiger partial charge in [-0.15, -0.1) is 0 Å². The number of sulfonamides is 1. The highest BCUT2D eigenvalue weighted by Crippen LogP contribution is 2.18. The van der Waals surface area contributed by atoms with Crippen LogP contribution in [0.25, 0.3) is 0 Å². The second-order valence-corrected chi connectivity index (χ2v) is 7.79. The van der Waals surface area contributed by atoms with Crippen molar-refractivity contribution in [3.63, 3.8) is 0 Å². The van der Waals surface area contributed by atoms with Crippen molar-refractivity contribution in [3.8, 4) is 0 Å². The monoisotopic (exact) mass is 420 g/mol. The number of benzene rings is 1. The van der Waals surface area contributed by atoms with Gasteiger partial charge < -0.3 is 9.84 Å². The number of rotatable bonds is 5. The molecule has 0 saturated carbocycles. The number of carbonyl (C=O) groups is 1. The molecular formula is C16H16N6O4S2. The van der Waals surface area contributed by atoms with E-state index in [4.69, 9.17) is 16.7 Å². The van der Waals surface area contributed by atoms with E-state index in [1.165, 1.54) is 41.2 Å². The fourth-order valence-corrected chi connectivity index (χ4v) is 3.45. The number of thiocarbonyl (C=S) groups is 1. The van der Waals surface area contributed by atoms with Crippen LogP contribution in [0.3, 0.4) is 0 Å². The number of amides is 1. The topological polar surface area (TPSA) is 131 Å². The van der Waals surface area contributed by atoms with Crippen molar-refractivity contribution in [2.45, 2.75) is 11.8 Å². The predicted octanol–water partition coefficient (Wildman–Crippen LogP) is 1.64. The summed E-state index contributed by atoms with van der Waals surface area (Å²) in [5.74, 6) is 0.168. The summed E-state index contributed by atoms with van der Waals surface area (Å²) >= 11 is 5.10. The smallest absolute Gasteiger partial charge is 0.275 e. The molecule has 3 aromatic rings. The van der Waals surface area contributed by atoms with E-state index in [0.29, 0.717) is 17.1 Å². The molecule has 28 heavy (non-hydrogen) atoms. The van der Waals surface area contributed by atoms with E-state index in [2.05, 4.69) is 25.6 Å². The zero-order valence-electron chi connectivity index (χ0n) is 14.8. The van der Waals surface area contributed by atoms with Crippen molar-refractivity contribution < 1.29 is 17.7 Å². The SMILES string of the molecule is Cc1cc(NS(=O)(=O)c2ccc(NC(=S)NC(=O)c3ccnn3C)cc2)no1. The molecule has 2 aromatic heterocycles. The van der Waals surface area contributed by atoms with Crippen LogP contribution in [0, 0.1) is 6.92 Å². The lowest BCUT2D eigenvalue weighted by molar-refractivity contribution is 0.0968. The molecule has 0 atom stereocenters. The quantitative estimate of drug-likeness (QED) is 0.531. The van der Waals surface area contributed by atoms with E-state index in [9.17, 15) is 13.2 Å². The minimum absolute atomic E-state index is 0.0311.